The lowest BCUT2D eigenvalue weighted by Crippen LogP contribution is -2.10. The summed E-state index contributed by atoms with van der Waals surface area (Å²) in [5.74, 6) is 0. The van der Waals surface area contributed by atoms with Crippen molar-refractivity contribution in [3.8, 4) is 6.07 Å². The van der Waals surface area contributed by atoms with Gasteiger partial charge in [-0.2, -0.15) is 5.26 Å². The summed E-state index contributed by atoms with van der Waals surface area (Å²) < 4.78 is 27.7. The average Bonchev–Trinajstić information content (AvgIpc) is 3.03. The fourth-order valence-corrected chi connectivity index (χ4v) is 4.93. The molecular formula is C12H8N4O2S3. The van der Waals surface area contributed by atoms with Crippen LogP contribution in [0.25, 0.3) is 10.2 Å². The second-order valence-corrected chi connectivity index (χ2v) is 8.11. The molecule has 0 aliphatic heterocycles. The standard InChI is InChI=1S/C12H8N4O2S3/c13-6-8-2-4-11(19-8)21(17,18)16-12-15-9-3-1-7(14)5-10(9)20-12/h1-5H,14H2,(H,15,16). The number of fused-ring (bicyclic) bond motifs is 1. The first-order valence-electron chi connectivity index (χ1n) is 5.67. The number of hydrogen-bond acceptors (Lipinski definition) is 7. The second kappa shape index (κ2) is 5.00. The summed E-state index contributed by atoms with van der Waals surface area (Å²) in [6, 6.07) is 9.96. The number of benzene rings is 1. The minimum atomic E-state index is -3.73. The predicted octanol–water partition coefficient (Wildman–Crippen LogP) is 2.61. The van der Waals surface area contributed by atoms with Gasteiger partial charge in [0.15, 0.2) is 5.13 Å². The van der Waals surface area contributed by atoms with Crippen molar-refractivity contribution in [3.63, 3.8) is 0 Å². The lowest BCUT2D eigenvalue weighted by Gasteiger charge is -2.00. The van der Waals surface area contributed by atoms with Gasteiger partial charge in [0.1, 0.15) is 15.2 Å². The Morgan fingerprint density at radius 1 is 1.24 bits per heavy atom. The topological polar surface area (TPSA) is 109 Å². The molecule has 0 aliphatic carbocycles. The Hall–Kier alpha value is -2.15. The highest BCUT2D eigenvalue weighted by molar-refractivity contribution is 7.94. The highest BCUT2D eigenvalue weighted by Crippen LogP contribution is 2.30. The number of thiophene rings is 1. The smallest absolute Gasteiger partial charge is 0.273 e. The van der Waals surface area contributed by atoms with Gasteiger partial charge in [-0.1, -0.05) is 11.3 Å². The predicted molar refractivity (Wildman–Crippen MR) is 83.9 cm³/mol. The van der Waals surface area contributed by atoms with Crippen LogP contribution in [0, 0.1) is 11.3 Å². The summed E-state index contributed by atoms with van der Waals surface area (Å²) in [5.41, 5.74) is 6.95. The highest BCUT2D eigenvalue weighted by atomic mass is 32.2. The zero-order chi connectivity index (χ0) is 15.0. The van der Waals surface area contributed by atoms with Crippen molar-refractivity contribution in [3.05, 3.63) is 35.2 Å². The Kier molecular flexibility index (Phi) is 3.29. The van der Waals surface area contributed by atoms with Crippen LogP contribution in [-0.2, 0) is 10.0 Å². The van der Waals surface area contributed by atoms with Gasteiger partial charge in [0.05, 0.1) is 10.2 Å². The molecule has 0 saturated carbocycles. The second-order valence-electron chi connectivity index (χ2n) is 4.08. The molecule has 106 valence electrons. The van der Waals surface area contributed by atoms with E-state index in [0.29, 0.717) is 16.1 Å². The molecule has 0 radical (unpaired) electrons. The lowest BCUT2D eigenvalue weighted by atomic mass is 10.3. The Morgan fingerprint density at radius 2 is 2.05 bits per heavy atom. The molecule has 0 unspecified atom stereocenters. The van der Waals surface area contributed by atoms with E-state index >= 15 is 0 Å². The number of hydrogen-bond donors (Lipinski definition) is 2. The number of aromatic nitrogens is 1. The summed E-state index contributed by atoms with van der Waals surface area (Å²) in [4.78, 5) is 4.54. The van der Waals surface area contributed by atoms with Crippen LogP contribution in [0.5, 0.6) is 0 Å². The molecule has 3 rings (SSSR count). The van der Waals surface area contributed by atoms with Crippen LogP contribution in [0.2, 0.25) is 0 Å². The van der Waals surface area contributed by atoms with Crippen molar-refractivity contribution in [1.82, 2.24) is 4.98 Å². The first-order chi connectivity index (χ1) is 9.98. The van der Waals surface area contributed by atoms with Crippen molar-refractivity contribution in [2.75, 3.05) is 10.5 Å². The molecule has 9 heteroatoms. The molecule has 3 N–H and O–H groups in total. The fraction of sp³-hybridized carbons (Fsp3) is 0. The van der Waals surface area contributed by atoms with Crippen LogP contribution < -0.4 is 10.5 Å². The minimum Gasteiger partial charge on any atom is -0.399 e. The summed E-state index contributed by atoms with van der Waals surface area (Å²) in [6.45, 7) is 0. The quantitative estimate of drug-likeness (QED) is 0.715. The van der Waals surface area contributed by atoms with Crippen LogP contribution in [-0.4, -0.2) is 13.4 Å². The number of nitriles is 1. The van der Waals surface area contributed by atoms with E-state index in [1.807, 2.05) is 6.07 Å². The molecule has 6 nitrogen and oxygen atoms in total. The van der Waals surface area contributed by atoms with Gasteiger partial charge in [-0.15, -0.1) is 11.3 Å². The summed E-state index contributed by atoms with van der Waals surface area (Å²) in [5, 5.41) is 9.02. The van der Waals surface area contributed by atoms with Crippen LogP contribution in [0.4, 0.5) is 10.8 Å². The van der Waals surface area contributed by atoms with Gasteiger partial charge >= 0.3 is 0 Å². The largest absolute Gasteiger partial charge is 0.399 e. The third-order valence-electron chi connectivity index (χ3n) is 2.59. The van der Waals surface area contributed by atoms with Crippen molar-refractivity contribution in [1.29, 1.82) is 5.26 Å². The minimum absolute atomic E-state index is 0.0813. The molecule has 0 saturated heterocycles. The molecule has 0 amide bonds. The molecule has 0 bridgehead atoms. The molecule has 0 aliphatic rings. The maximum absolute atomic E-state index is 12.2. The van der Waals surface area contributed by atoms with Crippen molar-refractivity contribution >= 4 is 53.7 Å². The van der Waals surface area contributed by atoms with Crippen molar-refractivity contribution < 1.29 is 8.42 Å². The Labute approximate surface area is 128 Å². The SMILES string of the molecule is N#Cc1ccc(S(=O)(=O)Nc2nc3ccc(N)cc3s2)s1. The average molecular weight is 336 g/mol. The van der Waals surface area contributed by atoms with Crippen molar-refractivity contribution in [2.45, 2.75) is 4.21 Å². The Balaban J connectivity index is 1.95. The molecule has 0 fully saturated rings. The van der Waals surface area contributed by atoms with E-state index in [2.05, 4.69) is 9.71 Å². The molecular weight excluding hydrogens is 328 g/mol. The highest BCUT2D eigenvalue weighted by Gasteiger charge is 2.19. The zero-order valence-corrected chi connectivity index (χ0v) is 12.8. The van der Waals surface area contributed by atoms with E-state index in [0.717, 1.165) is 16.0 Å². The normalized spacial score (nSPS) is 11.4. The maximum atomic E-state index is 12.2. The number of rotatable bonds is 3. The number of sulfonamides is 1. The van der Waals surface area contributed by atoms with E-state index in [-0.39, 0.29) is 9.34 Å². The summed E-state index contributed by atoms with van der Waals surface area (Å²) >= 11 is 2.12. The van der Waals surface area contributed by atoms with Gasteiger partial charge in [0.2, 0.25) is 0 Å². The number of anilines is 2. The maximum Gasteiger partial charge on any atom is 0.273 e. The third kappa shape index (κ3) is 2.69. The number of nitrogens with two attached hydrogens (primary N) is 1. The van der Waals surface area contributed by atoms with Crippen LogP contribution in [0.1, 0.15) is 4.88 Å². The van der Waals surface area contributed by atoms with E-state index in [4.69, 9.17) is 11.0 Å². The fourth-order valence-electron chi connectivity index (χ4n) is 1.67. The molecule has 0 spiro atoms. The van der Waals surface area contributed by atoms with Gasteiger partial charge in [-0.25, -0.2) is 13.4 Å². The van der Waals surface area contributed by atoms with E-state index in [1.54, 1.807) is 18.2 Å². The van der Waals surface area contributed by atoms with Crippen LogP contribution >= 0.6 is 22.7 Å². The van der Waals surface area contributed by atoms with E-state index < -0.39 is 10.0 Å². The molecule has 2 heterocycles. The van der Waals surface area contributed by atoms with E-state index in [1.165, 1.54) is 23.5 Å². The van der Waals surface area contributed by atoms with Crippen LogP contribution in [0.15, 0.2) is 34.5 Å². The molecule has 21 heavy (non-hydrogen) atoms. The van der Waals surface area contributed by atoms with Crippen molar-refractivity contribution in [2.24, 2.45) is 0 Å². The third-order valence-corrected chi connectivity index (χ3v) is 6.47. The Bertz CT molecular complexity index is 966. The van der Waals surface area contributed by atoms with Gasteiger partial charge in [-0.3, -0.25) is 4.72 Å². The molecule has 1 aromatic carbocycles. The summed E-state index contributed by atoms with van der Waals surface area (Å²) in [7, 11) is -3.73. The van der Waals surface area contributed by atoms with Gasteiger partial charge in [0, 0.05) is 5.69 Å². The lowest BCUT2D eigenvalue weighted by molar-refractivity contribution is 0.603. The molecule has 3 aromatic rings. The Morgan fingerprint density at radius 3 is 2.76 bits per heavy atom. The zero-order valence-electron chi connectivity index (χ0n) is 10.4. The molecule has 2 aromatic heterocycles. The number of nitrogens with one attached hydrogen (secondary N) is 1. The van der Waals surface area contributed by atoms with Crippen LogP contribution in [0.3, 0.4) is 0 Å². The molecule has 0 atom stereocenters. The van der Waals surface area contributed by atoms with Gasteiger partial charge in [0.25, 0.3) is 10.0 Å². The number of nitrogens with zero attached hydrogens (tertiary/aromatic N) is 2. The number of nitrogen functional groups attached to an aromatic ring is 1. The first-order valence-corrected chi connectivity index (χ1v) is 8.78. The first kappa shape index (κ1) is 13.8. The van der Waals surface area contributed by atoms with Gasteiger partial charge < -0.3 is 5.73 Å². The number of thiazole rings is 1. The van der Waals surface area contributed by atoms with Gasteiger partial charge in [-0.05, 0) is 30.3 Å². The monoisotopic (exact) mass is 336 g/mol. The van der Waals surface area contributed by atoms with E-state index in [9.17, 15) is 8.42 Å². The summed E-state index contributed by atoms with van der Waals surface area (Å²) in [6.07, 6.45) is 0.